The van der Waals surface area contributed by atoms with E-state index in [4.69, 9.17) is 11.2 Å². The molecule has 1 rings (SSSR count). The highest BCUT2D eigenvalue weighted by atomic mass is 16.5. The third-order valence-corrected chi connectivity index (χ3v) is 4.15. The lowest BCUT2D eigenvalue weighted by Crippen LogP contribution is -1.97. The first-order valence-corrected chi connectivity index (χ1v) is 11.1. The summed E-state index contributed by atoms with van der Waals surface area (Å²) < 4.78 is 5.80. The number of hydrogen-bond donors (Lipinski definition) is 0. The third kappa shape index (κ3) is 16.9. The highest BCUT2D eigenvalue weighted by Crippen LogP contribution is 2.13. The van der Waals surface area contributed by atoms with Gasteiger partial charge in [-0.15, -0.1) is 6.42 Å². The summed E-state index contributed by atoms with van der Waals surface area (Å²) >= 11 is 0. The third-order valence-electron chi connectivity index (χ3n) is 4.15. The molecule has 1 nitrogen and oxygen atoms in total. The first-order chi connectivity index (χ1) is 16.4. The van der Waals surface area contributed by atoms with Gasteiger partial charge in [0.2, 0.25) is 0 Å². The van der Waals surface area contributed by atoms with Crippen LogP contribution in [-0.2, 0) is 0 Å². The summed E-state index contributed by atoms with van der Waals surface area (Å²) in [6.45, 7) is 3.01. The van der Waals surface area contributed by atoms with Crippen molar-refractivity contribution >= 4 is 0 Å². The molecule has 33 heavy (non-hydrogen) atoms. The molecule has 0 radical (unpaired) electrons. The maximum Gasteiger partial charge on any atom is 0.119 e. The number of benzene rings is 1. The van der Waals surface area contributed by atoms with Crippen molar-refractivity contribution in [2.24, 2.45) is 0 Å². The second-order valence-electron chi connectivity index (χ2n) is 6.74. The molecule has 0 unspecified atom stereocenters. The van der Waals surface area contributed by atoms with Gasteiger partial charge in [0.1, 0.15) is 5.75 Å². The van der Waals surface area contributed by atoms with Crippen LogP contribution in [0.3, 0.4) is 0 Å². The molecule has 0 amide bonds. The van der Waals surface area contributed by atoms with Crippen molar-refractivity contribution < 1.29 is 4.74 Å². The average molecular weight is 427 g/mol. The molecule has 0 fully saturated rings. The van der Waals surface area contributed by atoms with Crippen molar-refractivity contribution in [2.75, 3.05) is 6.61 Å². The van der Waals surface area contributed by atoms with Gasteiger partial charge in [0.05, 0.1) is 6.61 Å². The summed E-state index contributed by atoms with van der Waals surface area (Å²) in [6, 6.07) is 7.72. The van der Waals surface area contributed by atoms with Crippen LogP contribution >= 0.6 is 0 Å². The molecule has 0 saturated heterocycles. The normalized spacial score (nSPS) is 7.52. The van der Waals surface area contributed by atoms with E-state index >= 15 is 0 Å². The van der Waals surface area contributed by atoms with Crippen molar-refractivity contribution in [3.63, 3.8) is 0 Å². The van der Waals surface area contributed by atoms with Crippen LogP contribution in [0.25, 0.3) is 0 Å². The Morgan fingerprint density at radius 3 is 1.55 bits per heavy atom. The van der Waals surface area contributed by atoms with E-state index in [9.17, 15) is 0 Å². The maximum atomic E-state index is 5.80. The van der Waals surface area contributed by atoms with Gasteiger partial charge >= 0.3 is 0 Å². The van der Waals surface area contributed by atoms with Crippen molar-refractivity contribution in [1.82, 2.24) is 0 Å². The molecule has 1 aromatic rings. The minimum atomic E-state index is 0.757. The Hall–Kier alpha value is -4.50. The lowest BCUT2D eigenvalue weighted by atomic mass is 10.1. The number of rotatable bonds is 10. The zero-order chi connectivity index (χ0) is 23.7. The molecular formula is C32H26O. The molecule has 0 N–H and O–H groups in total. The zero-order valence-electron chi connectivity index (χ0n) is 19.2. The number of ether oxygens (including phenoxy) is 1. The monoisotopic (exact) mass is 426 g/mol. The molecule has 1 heteroatoms. The van der Waals surface area contributed by atoms with E-state index < -0.39 is 0 Å². The van der Waals surface area contributed by atoms with Crippen LogP contribution < -0.4 is 4.74 Å². The van der Waals surface area contributed by atoms with Crippen molar-refractivity contribution in [2.45, 2.75) is 58.3 Å². The molecule has 0 aliphatic heterocycles. The summed E-state index contributed by atoms with van der Waals surface area (Å²) in [5.74, 6) is 39.1. The minimum Gasteiger partial charge on any atom is -0.494 e. The quantitative estimate of drug-likeness (QED) is 0.369. The minimum absolute atomic E-state index is 0.757. The van der Waals surface area contributed by atoms with Crippen LogP contribution in [0.2, 0.25) is 0 Å². The number of hydrogen-bond acceptors (Lipinski definition) is 1. The van der Waals surface area contributed by atoms with Gasteiger partial charge in [-0.25, -0.2) is 0 Å². The van der Waals surface area contributed by atoms with Crippen molar-refractivity contribution in [3.05, 3.63) is 29.8 Å². The lowest BCUT2D eigenvalue weighted by molar-refractivity contribution is 0.304. The molecular weight excluding hydrogens is 400 g/mol. The summed E-state index contributed by atoms with van der Waals surface area (Å²) in [5.41, 5.74) is 0.875. The Balaban J connectivity index is 2.29. The molecule has 0 atom stereocenters. The summed E-state index contributed by atoms with van der Waals surface area (Å²) in [6.07, 6.45) is 15.3. The Kier molecular flexibility index (Phi) is 16.7. The van der Waals surface area contributed by atoms with Gasteiger partial charge < -0.3 is 4.74 Å². The molecule has 0 aliphatic rings. The second-order valence-corrected chi connectivity index (χ2v) is 6.74. The van der Waals surface area contributed by atoms with Crippen LogP contribution in [-0.4, -0.2) is 6.61 Å². The zero-order valence-corrected chi connectivity index (χ0v) is 19.2. The molecule has 0 bridgehead atoms. The van der Waals surface area contributed by atoms with E-state index in [1.165, 1.54) is 44.9 Å². The SMILES string of the molecule is C#CC#CC#CC#CC#CC#CC#CC#Cc1ccc(OCCCCCCCCCC)cc1. The smallest absolute Gasteiger partial charge is 0.119 e. The fourth-order valence-corrected chi connectivity index (χ4v) is 2.54. The summed E-state index contributed by atoms with van der Waals surface area (Å²) in [4.78, 5) is 0. The fraction of sp³-hybridized carbons (Fsp3) is 0.312. The van der Waals surface area contributed by atoms with E-state index in [0.717, 1.165) is 24.3 Å². The molecule has 0 spiro atoms. The van der Waals surface area contributed by atoms with Gasteiger partial charge in [0, 0.05) is 5.56 Å². The van der Waals surface area contributed by atoms with Crippen LogP contribution in [0.5, 0.6) is 5.75 Å². The number of unbranched alkanes of at least 4 members (excludes halogenated alkanes) is 7. The predicted octanol–water partition coefficient (Wildman–Crippen LogP) is 5.21. The molecule has 0 aliphatic carbocycles. The van der Waals surface area contributed by atoms with Gasteiger partial charge in [0.25, 0.3) is 0 Å². The van der Waals surface area contributed by atoms with Crippen LogP contribution in [0, 0.1) is 95.2 Å². The molecule has 160 valence electrons. The van der Waals surface area contributed by atoms with E-state index in [1.807, 2.05) is 24.3 Å². The van der Waals surface area contributed by atoms with Gasteiger partial charge in [-0.2, -0.15) is 0 Å². The Morgan fingerprint density at radius 2 is 1.03 bits per heavy atom. The van der Waals surface area contributed by atoms with Gasteiger partial charge in [-0.05, 0) is 114 Å². The predicted molar refractivity (Wildman–Crippen MR) is 137 cm³/mol. The second kappa shape index (κ2) is 20.8. The Morgan fingerprint density at radius 1 is 0.576 bits per heavy atom. The largest absolute Gasteiger partial charge is 0.494 e. The van der Waals surface area contributed by atoms with Crippen LogP contribution in [0.1, 0.15) is 63.9 Å². The molecule has 0 saturated carbocycles. The van der Waals surface area contributed by atoms with Crippen LogP contribution in [0.15, 0.2) is 24.3 Å². The van der Waals surface area contributed by atoms with Gasteiger partial charge in [-0.3, -0.25) is 0 Å². The van der Waals surface area contributed by atoms with Crippen molar-refractivity contribution in [3.8, 4) is 101 Å². The fourth-order valence-electron chi connectivity index (χ4n) is 2.54. The maximum absolute atomic E-state index is 5.80. The highest BCUT2D eigenvalue weighted by molar-refractivity contribution is 5.47. The lowest BCUT2D eigenvalue weighted by Gasteiger charge is -2.06. The van der Waals surface area contributed by atoms with Gasteiger partial charge in [0.15, 0.2) is 0 Å². The summed E-state index contributed by atoms with van der Waals surface area (Å²) in [7, 11) is 0. The Bertz CT molecular complexity index is 1200. The molecule has 1 aromatic carbocycles. The van der Waals surface area contributed by atoms with E-state index in [-0.39, 0.29) is 0 Å². The Labute approximate surface area is 200 Å². The standard InChI is InChI=1S/C32H26O/c1-3-5-7-9-11-13-14-15-16-17-18-19-21-23-25-31-26-28-32(29-27-31)33-30-24-22-20-12-10-8-6-4-2/h1,26-29H,4,6,8,10,12,20,22,24,30H2,2H3. The molecule has 0 aromatic heterocycles. The van der Waals surface area contributed by atoms with Crippen molar-refractivity contribution in [1.29, 1.82) is 0 Å². The van der Waals surface area contributed by atoms with Crippen LogP contribution in [0.4, 0.5) is 0 Å². The first-order valence-electron chi connectivity index (χ1n) is 11.1. The van der Waals surface area contributed by atoms with Gasteiger partial charge in [-0.1, -0.05) is 57.8 Å². The number of terminal acetylenes is 1. The van der Waals surface area contributed by atoms with E-state index in [0.29, 0.717) is 0 Å². The van der Waals surface area contributed by atoms with E-state index in [1.54, 1.807) is 0 Å². The summed E-state index contributed by atoms with van der Waals surface area (Å²) in [5, 5.41) is 0. The topological polar surface area (TPSA) is 9.23 Å². The van der Waals surface area contributed by atoms with E-state index in [2.05, 4.69) is 95.7 Å². The highest BCUT2D eigenvalue weighted by Gasteiger charge is 1.95. The first kappa shape index (κ1) is 26.5. The average Bonchev–Trinajstić information content (AvgIpc) is 2.84. The molecule has 0 heterocycles.